The van der Waals surface area contributed by atoms with Crippen molar-refractivity contribution in [3.8, 4) is 5.75 Å². The summed E-state index contributed by atoms with van der Waals surface area (Å²) in [4.78, 5) is 18.1. The molecule has 0 saturated carbocycles. The molecule has 4 aromatic rings. The molecule has 0 amide bonds. The van der Waals surface area contributed by atoms with Crippen LogP contribution in [0, 0.1) is 0 Å². The third-order valence-corrected chi connectivity index (χ3v) is 8.47. The first-order chi connectivity index (χ1) is 20.5. The zero-order valence-corrected chi connectivity index (χ0v) is 25.6. The number of likely N-dealkylation sites (N-methyl/N-ethyl adjacent to an activating group) is 1. The fourth-order valence-electron chi connectivity index (χ4n) is 5.67. The fourth-order valence-corrected chi connectivity index (χ4v) is 5.80. The van der Waals surface area contributed by atoms with Crippen molar-refractivity contribution in [2.24, 2.45) is 0 Å². The lowest BCUT2D eigenvalue weighted by molar-refractivity contribution is 0.240. The number of aromatic nitrogens is 2. The third-order valence-electron chi connectivity index (χ3n) is 8.21. The molecule has 6 nitrogen and oxygen atoms in total. The molecule has 1 aliphatic rings. The third kappa shape index (κ3) is 8.66. The largest absolute Gasteiger partial charge is 0.494 e. The van der Waals surface area contributed by atoms with Gasteiger partial charge >= 0.3 is 0 Å². The highest BCUT2D eigenvalue weighted by Gasteiger charge is 2.12. The summed E-state index contributed by atoms with van der Waals surface area (Å²) in [6, 6.07) is 24.1. The molecule has 0 spiro atoms. The Morgan fingerprint density at radius 2 is 1.52 bits per heavy atom. The van der Waals surface area contributed by atoms with E-state index in [0.717, 1.165) is 61.5 Å². The van der Waals surface area contributed by atoms with Crippen molar-refractivity contribution < 1.29 is 4.74 Å². The topological polar surface area (TPSA) is 50.6 Å². The van der Waals surface area contributed by atoms with Crippen LogP contribution in [0.25, 0.3) is 10.8 Å². The van der Waals surface area contributed by atoms with Gasteiger partial charge in [0.15, 0.2) is 0 Å². The Morgan fingerprint density at radius 1 is 0.833 bits per heavy atom. The molecule has 7 heteroatoms. The van der Waals surface area contributed by atoms with E-state index in [1.165, 1.54) is 44.3 Å². The molecule has 0 aliphatic carbocycles. The van der Waals surface area contributed by atoms with Crippen LogP contribution in [0.1, 0.15) is 48.9 Å². The van der Waals surface area contributed by atoms with Gasteiger partial charge in [-0.15, -0.1) is 0 Å². The molecule has 0 unspecified atom stereocenters. The first kappa shape index (κ1) is 30.3. The number of rotatable bonds is 13. The number of nitrogens with zero attached hydrogens (tertiary/aromatic N) is 4. The number of benzene rings is 3. The van der Waals surface area contributed by atoms with Crippen molar-refractivity contribution in [1.82, 2.24) is 19.6 Å². The SMILES string of the molecule is CN(CCc1ccc(OCCCN2CCCCCC2)cc1)CCn1nc(Cc2ccc(Cl)cc2)c2ccccc2c1=O. The van der Waals surface area contributed by atoms with Crippen LogP contribution in [0.3, 0.4) is 0 Å². The van der Waals surface area contributed by atoms with Gasteiger partial charge in [-0.25, -0.2) is 4.68 Å². The summed E-state index contributed by atoms with van der Waals surface area (Å²) in [5.41, 5.74) is 3.26. The Labute approximate surface area is 254 Å². The van der Waals surface area contributed by atoms with E-state index in [1.54, 1.807) is 4.68 Å². The van der Waals surface area contributed by atoms with Crippen molar-refractivity contribution >= 4 is 22.4 Å². The normalized spacial score (nSPS) is 14.4. The second kappa shape index (κ2) is 15.3. The maximum Gasteiger partial charge on any atom is 0.274 e. The predicted octanol–water partition coefficient (Wildman–Crippen LogP) is 6.46. The van der Waals surface area contributed by atoms with Crippen LogP contribution in [0.4, 0.5) is 0 Å². The first-order valence-corrected chi connectivity index (χ1v) is 15.8. The molecule has 2 heterocycles. The molecule has 5 rings (SSSR count). The van der Waals surface area contributed by atoms with Crippen LogP contribution in [0.15, 0.2) is 77.6 Å². The van der Waals surface area contributed by atoms with Gasteiger partial charge in [0.1, 0.15) is 5.75 Å². The standard InChI is InChI=1S/C35H43ClN4O2/c1-38(23-19-28-13-17-31(18-14-28)42-26-8-22-39-20-6-2-3-7-21-39)24-25-40-35(41)33-10-5-4-9-32(33)34(37-40)27-29-11-15-30(36)16-12-29/h4-5,9-18H,2-3,6-8,19-27H2,1H3. The van der Waals surface area contributed by atoms with Gasteiger partial charge in [0, 0.05) is 36.5 Å². The van der Waals surface area contributed by atoms with Crippen LogP contribution in [-0.4, -0.2) is 66.0 Å². The van der Waals surface area contributed by atoms with E-state index in [9.17, 15) is 4.79 Å². The van der Waals surface area contributed by atoms with E-state index in [4.69, 9.17) is 21.4 Å². The Hall–Kier alpha value is -3.19. The van der Waals surface area contributed by atoms with E-state index < -0.39 is 0 Å². The van der Waals surface area contributed by atoms with Gasteiger partial charge in [0.2, 0.25) is 0 Å². The van der Waals surface area contributed by atoms with Gasteiger partial charge in [-0.1, -0.05) is 66.9 Å². The molecule has 42 heavy (non-hydrogen) atoms. The molecule has 0 N–H and O–H groups in total. The Bertz CT molecular complexity index is 1460. The van der Waals surface area contributed by atoms with E-state index >= 15 is 0 Å². The highest BCUT2D eigenvalue weighted by molar-refractivity contribution is 6.30. The van der Waals surface area contributed by atoms with Crippen molar-refractivity contribution in [3.63, 3.8) is 0 Å². The van der Waals surface area contributed by atoms with Crippen LogP contribution in [0.5, 0.6) is 5.75 Å². The van der Waals surface area contributed by atoms with Crippen molar-refractivity contribution in [2.75, 3.05) is 46.4 Å². The second-order valence-corrected chi connectivity index (χ2v) is 11.9. The highest BCUT2D eigenvalue weighted by Crippen LogP contribution is 2.19. The number of fused-ring (bicyclic) bond motifs is 1. The summed E-state index contributed by atoms with van der Waals surface area (Å²) in [6.45, 7) is 6.56. The molecule has 222 valence electrons. The summed E-state index contributed by atoms with van der Waals surface area (Å²) in [6.07, 6.45) is 8.09. The van der Waals surface area contributed by atoms with Crippen molar-refractivity contribution in [2.45, 2.75) is 51.5 Å². The summed E-state index contributed by atoms with van der Waals surface area (Å²) < 4.78 is 7.64. The Kier molecular flexibility index (Phi) is 11.0. The van der Waals surface area contributed by atoms with Crippen molar-refractivity contribution in [3.05, 3.63) is 105 Å². The zero-order valence-electron chi connectivity index (χ0n) is 24.8. The lowest BCUT2D eigenvalue weighted by atomic mass is 10.0. The molecule has 3 aromatic carbocycles. The lowest BCUT2D eigenvalue weighted by Gasteiger charge is -2.19. The predicted molar refractivity (Wildman–Crippen MR) is 173 cm³/mol. The number of hydrogen-bond acceptors (Lipinski definition) is 5. The van der Waals surface area contributed by atoms with Crippen LogP contribution in [-0.2, 0) is 19.4 Å². The summed E-state index contributed by atoms with van der Waals surface area (Å²) in [5.74, 6) is 0.944. The van der Waals surface area contributed by atoms with E-state index in [2.05, 4.69) is 41.1 Å². The Balaban J connectivity index is 1.10. The number of halogens is 1. The highest BCUT2D eigenvalue weighted by atomic mass is 35.5. The van der Waals surface area contributed by atoms with E-state index in [1.807, 2.05) is 48.5 Å². The second-order valence-electron chi connectivity index (χ2n) is 11.5. The van der Waals surface area contributed by atoms with Crippen LogP contribution >= 0.6 is 11.6 Å². The quantitative estimate of drug-likeness (QED) is 0.168. The van der Waals surface area contributed by atoms with Crippen molar-refractivity contribution in [1.29, 1.82) is 0 Å². The summed E-state index contributed by atoms with van der Waals surface area (Å²) in [7, 11) is 2.10. The molecular weight excluding hydrogens is 544 g/mol. The molecular formula is C35H43ClN4O2. The van der Waals surface area contributed by atoms with Gasteiger partial charge in [0.25, 0.3) is 5.56 Å². The maximum atomic E-state index is 13.2. The molecule has 1 fully saturated rings. The molecule has 0 radical (unpaired) electrons. The summed E-state index contributed by atoms with van der Waals surface area (Å²) in [5, 5.41) is 7.14. The van der Waals surface area contributed by atoms with Crippen LogP contribution < -0.4 is 10.3 Å². The smallest absolute Gasteiger partial charge is 0.274 e. The minimum absolute atomic E-state index is 0.0409. The number of ether oxygens (including phenoxy) is 1. The maximum absolute atomic E-state index is 13.2. The average Bonchev–Trinajstić information content (AvgIpc) is 3.30. The molecule has 0 atom stereocenters. The molecule has 1 aromatic heterocycles. The molecule has 1 saturated heterocycles. The van der Waals surface area contributed by atoms with Gasteiger partial charge in [-0.3, -0.25) is 4.79 Å². The van der Waals surface area contributed by atoms with E-state index in [0.29, 0.717) is 23.4 Å². The van der Waals surface area contributed by atoms with Gasteiger partial charge < -0.3 is 14.5 Å². The zero-order chi connectivity index (χ0) is 29.1. The first-order valence-electron chi connectivity index (χ1n) is 15.4. The molecule has 0 bridgehead atoms. The fraction of sp³-hybridized carbons (Fsp3) is 0.429. The molecule has 1 aliphatic heterocycles. The van der Waals surface area contributed by atoms with E-state index in [-0.39, 0.29) is 5.56 Å². The van der Waals surface area contributed by atoms with Crippen LogP contribution in [0.2, 0.25) is 5.02 Å². The minimum atomic E-state index is -0.0409. The Morgan fingerprint density at radius 3 is 2.26 bits per heavy atom. The number of hydrogen-bond donors (Lipinski definition) is 0. The van der Waals surface area contributed by atoms with Gasteiger partial charge in [0.05, 0.1) is 24.2 Å². The van der Waals surface area contributed by atoms with Gasteiger partial charge in [-0.2, -0.15) is 5.10 Å². The average molecular weight is 587 g/mol. The minimum Gasteiger partial charge on any atom is -0.494 e. The number of likely N-dealkylation sites (tertiary alicyclic amines) is 1. The van der Waals surface area contributed by atoms with Gasteiger partial charge in [-0.05, 0) is 87.3 Å². The summed E-state index contributed by atoms with van der Waals surface area (Å²) >= 11 is 6.08. The monoisotopic (exact) mass is 586 g/mol. The lowest BCUT2D eigenvalue weighted by Crippen LogP contribution is -2.32.